The van der Waals surface area contributed by atoms with Crippen molar-refractivity contribution in [3.05, 3.63) is 52.4 Å². The smallest absolute Gasteiger partial charge is 0.340 e. The maximum atomic E-state index is 11.8. The van der Waals surface area contributed by atoms with E-state index in [0.717, 1.165) is 4.88 Å². The molecule has 0 bridgehead atoms. The average Bonchev–Trinajstić information content (AvgIpc) is 3.16. The van der Waals surface area contributed by atoms with Gasteiger partial charge in [0.2, 0.25) is 5.82 Å². The van der Waals surface area contributed by atoms with Crippen molar-refractivity contribution in [2.75, 3.05) is 0 Å². The number of halogens is 1. The molecule has 0 spiro atoms. The minimum Gasteiger partial charge on any atom is -0.452 e. The highest BCUT2D eigenvalue weighted by molar-refractivity contribution is 7.13. The van der Waals surface area contributed by atoms with Gasteiger partial charge in [-0.3, -0.25) is 0 Å². The lowest BCUT2D eigenvalue weighted by Gasteiger charge is -2.01. The first-order valence-corrected chi connectivity index (χ1v) is 7.13. The van der Waals surface area contributed by atoms with Gasteiger partial charge < -0.3 is 9.26 Å². The number of esters is 1. The van der Waals surface area contributed by atoms with Crippen LogP contribution < -0.4 is 0 Å². The third-order valence-electron chi connectivity index (χ3n) is 2.50. The second-order valence-corrected chi connectivity index (χ2v) is 5.27. The van der Waals surface area contributed by atoms with Gasteiger partial charge in [0, 0.05) is 6.20 Å². The Morgan fingerprint density at radius 1 is 1.38 bits per heavy atom. The summed E-state index contributed by atoms with van der Waals surface area (Å²) in [7, 11) is 0. The van der Waals surface area contributed by atoms with E-state index >= 15 is 0 Å². The van der Waals surface area contributed by atoms with Crippen molar-refractivity contribution in [3.63, 3.8) is 0 Å². The number of thiophene rings is 1. The monoisotopic (exact) mass is 321 g/mol. The number of nitrogens with zero attached hydrogens (tertiary/aromatic N) is 3. The van der Waals surface area contributed by atoms with Gasteiger partial charge >= 0.3 is 5.97 Å². The third-order valence-corrected chi connectivity index (χ3v) is 3.59. The third kappa shape index (κ3) is 3.26. The van der Waals surface area contributed by atoms with Gasteiger partial charge in [-0.05, 0) is 23.6 Å². The fourth-order valence-corrected chi connectivity index (χ4v) is 2.29. The molecular weight excluding hydrogens is 314 g/mol. The van der Waals surface area contributed by atoms with Gasteiger partial charge in [-0.2, -0.15) is 4.98 Å². The van der Waals surface area contributed by atoms with Gasteiger partial charge in [0.05, 0.1) is 10.4 Å². The molecule has 3 heterocycles. The molecule has 3 rings (SSSR count). The van der Waals surface area contributed by atoms with Crippen LogP contribution in [0.4, 0.5) is 0 Å². The fraction of sp³-hybridized carbons (Fsp3) is 0.0769. The zero-order valence-corrected chi connectivity index (χ0v) is 12.1. The summed E-state index contributed by atoms with van der Waals surface area (Å²) in [6.45, 7) is -0.0974. The lowest BCUT2D eigenvalue weighted by atomic mass is 10.3. The van der Waals surface area contributed by atoms with E-state index in [0.29, 0.717) is 16.5 Å². The van der Waals surface area contributed by atoms with Gasteiger partial charge in [-0.25, -0.2) is 9.78 Å². The highest BCUT2D eigenvalue weighted by atomic mass is 35.5. The Hall–Kier alpha value is -2.25. The Balaban J connectivity index is 1.62. The summed E-state index contributed by atoms with van der Waals surface area (Å²) >= 11 is 7.14. The maximum absolute atomic E-state index is 11.8. The van der Waals surface area contributed by atoms with E-state index in [1.165, 1.54) is 29.7 Å². The van der Waals surface area contributed by atoms with Crippen molar-refractivity contribution < 1.29 is 14.1 Å². The number of carbonyl (C=O) groups excluding carboxylic acids is 1. The molecule has 0 aliphatic rings. The first kappa shape index (κ1) is 13.7. The van der Waals surface area contributed by atoms with Crippen LogP contribution in [0.2, 0.25) is 5.15 Å². The zero-order valence-electron chi connectivity index (χ0n) is 10.5. The Labute approximate surface area is 128 Å². The molecule has 0 fully saturated rings. The van der Waals surface area contributed by atoms with Crippen molar-refractivity contribution in [3.8, 4) is 10.7 Å². The first-order chi connectivity index (χ1) is 10.2. The van der Waals surface area contributed by atoms with Crippen LogP contribution in [0.25, 0.3) is 10.7 Å². The molecule has 0 amide bonds. The molecule has 21 heavy (non-hydrogen) atoms. The SMILES string of the molecule is O=C(OCc1nc(-c2cccs2)no1)c1ccc(Cl)nc1. The van der Waals surface area contributed by atoms with Gasteiger partial charge in [0.1, 0.15) is 5.15 Å². The van der Waals surface area contributed by atoms with Gasteiger partial charge in [0.15, 0.2) is 6.61 Å². The minimum absolute atomic E-state index is 0.0974. The molecule has 106 valence electrons. The molecule has 3 aromatic heterocycles. The molecular formula is C13H8ClN3O3S. The number of pyridine rings is 1. The molecule has 0 radical (unpaired) electrons. The summed E-state index contributed by atoms with van der Waals surface area (Å²) in [4.78, 5) is 20.6. The molecule has 3 aromatic rings. The number of hydrogen-bond donors (Lipinski definition) is 0. The van der Waals surface area contributed by atoms with Crippen LogP contribution >= 0.6 is 22.9 Å². The Morgan fingerprint density at radius 3 is 3.00 bits per heavy atom. The van der Waals surface area contributed by atoms with E-state index in [1.807, 2.05) is 17.5 Å². The number of hydrogen-bond acceptors (Lipinski definition) is 7. The molecule has 6 nitrogen and oxygen atoms in total. The van der Waals surface area contributed by atoms with Crippen molar-refractivity contribution in [1.29, 1.82) is 0 Å². The summed E-state index contributed by atoms with van der Waals surface area (Å²) in [6.07, 6.45) is 1.34. The van der Waals surface area contributed by atoms with E-state index in [2.05, 4.69) is 15.1 Å². The van der Waals surface area contributed by atoms with E-state index in [1.54, 1.807) is 0 Å². The molecule has 0 saturated carbocycles. The number of ether oxygens (including phenoxy) is 1. The van der Waals surface area contributed by atoms with E-state index in [4.69, 9.17) is 20.9 Å². The summed E-state index contributed by atoms with van der Waals surface area (Å²) < 4.78 is 10.1. The van der Waals surface area contributed by atoms with E-state index in [9.17, 15) is 4.79 Å². The van der Waals surface area contributed by atoms with Crippen LogP contribution in [0.1, 0.15) is 16.2 Å². The number of carbonyl (C=O) groups is 1. The minimum atomic E-state index is -0.532. The van der Waals surface area contributed by atoms with Gasteiger partial charge in [0.25, 0.3) is 5.89 Å². The van der Waals surface area contributed by atoms with E-state index < -0.39 is 5.97 Å². The summed E-state index contributed by atoms with van der Waals surface area (Å²) in [6, 6.07) is 6.82. The number of rotatable bonds is 4. The lowest BCUT2D eigenvalue weighted by Crippen LogP contribution is -2.05. The molecule has 8 heteroatoms. The molecule has 0 aromatic carbocycles. The molecule has 0 atom stereocenters. The van der Waals surface area contributed by atoms with Crippen LogP contribution in [0.15, 0.2) is 40.4 Å². The van der Waals surface area contributed by atoms with Crippen LogP contribution in [0.3, 0.4) is 0 Å². The van der Waals surface area contributed by atoms with Gasteiger partial charge in [-0.1, -0.05) is 22.8 Å². The Kier molecular flexibility index (Phi) is 3.94. The standard InChI is InChI=1S/C13H8ClN3O3S/c14-10-4-3-8(6-15-10)13(18)19-7-11-16-12(17-20-11)9-2-1-5-21-9/h1-6H,7H2. The van der Waals surface area contributed by atoms with E-state index in [-0.39, 0.29) is 12.5 Å². The zero-order chi connectivity index (χ0) is 14.7. The fourth-order valence-electron chi connectivity index (χ4n) is 1.53. The molecule has 0 saturated heterocycles. The average molecular weight is 322 g/mol. The maximum Gasteiger partial charge on any atom is 0.340 e. The molecule has 0 aliphatic heterocycles. The molecule has 0 N–H and O–H groups in total. The van der Waals surface area contributed by atoms with Crippen molar-refractivity contribution >= 4 is 28.9 Å². The van der Waals surface area contributed by atoms with Gasteiger partial charge in [-0.15, -0.1) is 11.3 Å². The van der Waals surface area contributed by atoms with Crippen molar-refractivity contribution in [1.82, 2.24) is 15.1 Å². The largest absolute Gasteiger partial charge is 0.452 e. The summed E-state index contributed by atoms with van der Waals surface area (Å²) in [5.41, 5.74) is 0.303. The highest BCUT2D eigenvalue weighted by Gasteiger charge is 2.13. The topological polar surface area (TPSA) is 78.1 Å². The van der Waals surface area contributed by atoms with Crippen molar-refractivity contribution in [2.45, 2.75) is 6.61 Å². The van der Waals surface area contributed by atoms with Crippen LogP contribution in [-0.4, -0.2) is 21.1 Å². The quantitative estimate of drug-likeness (QED) is 0.542. The van der Waals surface area contributed by atoms with Crippen LogP contribution in [0.5, 0.6) is 0 Å². The Bertz CT molecular complexity index is 740. The van der Waals surface area contributed by atoms with Crippen LogP contribution in [0, 0.1) is 0 Å². The second kappa shape index (κ2) is 6.02. The highest BCUT2D eigenvalue weighted by Crippen LogP contribution is 2.21. The van der Waals surface area contributed by atoms with Crippen LogP contribution in [-0.2, 0) is 11.3 Å². The predicted octanol–water partition coefficient (Wildman–Crippen LogP) is 3.20. The van der Waals surface area contributed by atoms with Crippen molar-refractivity contribution in [2.24, 2.45) is 0 Å². The first-order valence-electron chi connectivity index (χ1n) is 5.87. The number of aromatic nitrogens is 3. The Morgan fingerprint density at radius 2 is 2.29 bits per heavy atom. The predicted molar refractivity (Wildman–Crippen MR) is 76.0 cm³/mol. The second-order valence-electron chi connectivity index (χ2n) is 3.93. The molecule has 0 unspecified atom stereocenters. The normalized spacial score (nSPS) is 10.5. The summed E-state index contributed by atoms with van der Waals surface area (Å²) in [5.74, 6) is 0.174. The molecule has 0 aliphatic carbocycles. The lowest BCUT2D eigenvalue weighted by molar-refractivity contribution is 0.0429. The summed E-state index contributed by atoms with van der Waals surface area (Å²) in [5, 5.41) is 6.05.